The van der Waals surface area contributed by atoms with E-state index in [0.717, 1.165) is 16.5 Å². The molecule has 1 amide bonds. The Kier molecular flexibility index (Phi) is 5.21. The summed E-state index contributed by atoms with van der Waals surface area (Å²) in [4.78, 5) is 12.1. The van der Waals surface area contributed by atoms with E-state index in [1.54, 1.807) is 18.0 Å². The minimum atomic E-state index is -0.248. The van der Waals surface area contributed by atoms with Crippen molar-refractivity contribution in [3.05, 3.63) is 36.2 Å². The van der Waals surface area contributed by atoms with Crippen LogP contribution in [-0.4, -0.2) is 33.0 Å². The Labute approximate surface area is 127 Å². The van der Waals surface area contributed by atoms with Gasteiger partial charge in [0, 0.05) is 19.2 Å². The van der Waals surface area contributed by atoms with Gasteiger partial charge < -0.3 is 14.6 Å². The molecule has 1 N–H and O–H groups in total. The van der Waals surface area contributed by atoms with Crippen molar-refractivity contribution >= 4 is 17.7 Å². The van der Waals surface area contributed by atoms with Gasteiger partial charge in [0.2, 0.25) is 5.91 Å². The highest BCUT2D eigenvalue weighted by atomic mass is 32.2. The van der Waals surface area contributed by atoms with Crippen molar-refractivity contribution in [2.45, 2.75) is 23.9 Å². The molecule has 0 aliphatic heterocycles. The van der Waals surface area contributed by atoms with E-state index in [-0.39, 0.29) is 11.2 Å². The maximum absolute atomic E-state index is 12.1. The fraction of sp³-hybridized carbons (Fsp3) is 0.357. The highest BCUT2D eigenvalue weighted by Crippen LogP contribution is 2.21. The lowest BCUT2D eigenvalue weighted by atomic mass is 10.2. The summed E-state index contributed by atoms with van der Waals surface area (Å²) in [5.74, 6) is 0.723. The molecule has 21 heavy (non-hydrogen) atoms. The summed E-state index contributed by atoms with van der Waals surface area (Å²) in [5.41, 5.74) is 0.948. The molecule has 0 spiro atoms. The van der Waals surface area contributed by atoms with Gasteiger partial charge in [-0.3, -0.25) is 4.79 Å². The molecule has 1 aromatic carbocycles. The number of amides is 1. The quantitative estimate of drug-likeness (QED) is 0.821. The van der Waals surface area contributed by atoms with Crippen LogP contribution in [0.1, 0.15) is 12.5 Å². The van der Waals surface area contributed by atoms with Gasteiger partial charge in [-0.25, -0.2) is 0 Å². The summed E-state index contributed by atoms with van der Waals surface area (Å²) in [6.07, 6.45) is 1.61. The first-order chi connectivity index (χ1) is 10.1. The molecule has 2 aromatic rings. The molecule has 1 heterocycles. The number of nitrogens with one attached hydrogen (secondary N) is 1. The van der Waals surface area contributed by atoms with Crippen LogP contribution in [0.2, 0.25) is 0 Å². The number of rotatable bonds is 6. The zero-order valence-corrected chi connectivity index (χ0v) is 13.1. The summed E-state index contributed by atoms with van der Waals surface area (Å²) < 4.78 is 7.05. The third-order valence-corrected chi connectivity index (χ3v) is 4.11. The number of carbonyl (C=O) groups excluding carboxylic acids is 1. The van der Waals surface area contributed by atoms with Crippen molar-refractivity contribution in [2.75, 3.05) is 7.11 Å². The molecule has 0 aliphatic carbocycles. The average molecular weight is 306 g/mol. The maximum Gasteiger partial charge on any atom is 0.233 e. The van der Waals surface area contributed by atoms with Crippen LogP contribution >= 0.6 is 11.8 Å². The summed E-state index contributed by atoms with van der Waals surface area (Å²) in [7, 11) is 3.47. The molecular weight excluding hydrogens is 288 g/mol. The van der Waals surface area contributed by atoms with Gasteiger partial charge in [-0.2, -0.15) is 0 Å². The second-order valence-electron chi connectivity index (χ2n) is 4.51. The summed E-state index contributed by atoms with van der Waals surface area (Å²) in [5, 5.41) is 11.1. The van der Waals surface area contributed by atoms with E-state index in [0.29, 0.717) is 6.54 Å². The highest BCUT2D eigenvalue weighted by Gasteiger charge is 2.17. The number of methoxy groups -OCH3 is 1. The van der Waals surface area contributed by atoms with Crippen LogP contribution in [0.25, 0.3) is 0 Å². The molecule has 0 fully saturated rings. The first-order valence-electron chi connectivity index (χ1n) is 6.52. The van der Waals surface area contributed by atoms with Gasteiger partial charge in [-0.15, -0.1) is 10.2 Å². The second-order valence-corrected chi connectivity index (χ2v) is 5.82. The minimum absolute atomic E-state index is 0.0473. The van der Waals surface area contributed by atoms with Crippen molar-refractivity contribution in [3.63, 3.8) is 0 Å². The molecule has 0 saturated heterocycles. The van der Waals surface area contributed by atoms with Crippen LogP contribution in [-0.2, 0) is 18.4 Å². The Hall–Kier alpha value is -2.02. The van der Waals surface area contributed by atoms with Crippen LogP contribution in [0.3, 0.4) is 0 Å². The van der Waals surface area contributed by atoms with Gasteiger partial charge in [-0.05, 0) is 13.0 Å². The van der Waals surface area contributed by atoms with E-state index >= 15 is 0 Å². The first-order valence-corrected chi connectivity index (χ1v) is 7.40. The van der Waals surface area contributed by atoms with Crippen LogP contribution < -0.4 is 10.1 Å². The van der Waals surface area contributed by atoms with E-state index < -0.39 is 0 Å². The predicted molar refractivity (Wildman–Crippen MR) is 81.2 cm³/mol. The normalized spacial score (nSPS) is 12.0. The van der Waals surface area contributed by atoms with E-state index in [1.165, 1.54) is 11.8 Å². The summed E-state index contributed by atoms with van der Waals surface area (Å²) in [6.45, 7) is 2.28. The molecule has 0 aliphatic rings. The Morgan fingerprint density at radius 2 is 2.24 bits per heavy atom. The number of carbonyl (C=O) groups is 1. The molecular formula is C14H18N4O2S. The average Bonchev–Trinajstić information content (AvgIpc) is 2.90. The van der Waals surface area contributed by atoms with E-state index in [9.17, 15) is 4.79 Å². The van der Waals surface area contributed by atoms with E-state index in [1.807, 2.05) is 38.2 Å². The lowest BCUT2D eigenvalue weighted by Gasteiger charge is -2.13. The molecule has 7 heteroatoms. The number of ether oxygens (including phenoxy) is 1. The van der Waals surface area contributed by atoms with Crippen molar-refractivity contribution < 1.29 is 9.53 Å². The summed E-state index contributed by atoms with van der Waals surface area (Å²) in [6, 6.07) is 7.62. The van der Waals surface area contributed by atoms with Crippen molar-refractivity contribution in [2.24, 2.45) is 7.05 Å². The van der Waals surface area contributed by atoms with Gasteiger partial charge in [0.1, 0.15) is 12.1 Å². The van der Waals surface area contributed by atoms with Crippen LogP contribution in [0.15, 0.2) is 35.7 Å². The van der Waals surface area contributed by atoms with Crippen molar-refractivity contribution in [1.29, 1.82) is 0 Å². The van der Waals surface area contributed by atoms with Gasteiger partial charge >= 0.3 is 0 Å². The lowest BCUT2D eigenvalue weighted by molar-refractivity contribution is -0.120. The summed E-state index contributed by atoms with van der Waals surface area (Å²) >= 11 is 1.38. The SMILES string of the molecule is COc1ccccc1CNC(=O)[C@@H](C)Sc1nncn1C. The predicted octanol–water partition coefficient (Wildman–Crippen LogP) is 1.62. The Morgan fingerprint density at radius 1 is 1.48 bits per heavy atom. The van der Waals surface area contributed by atoms with Gasteiger partial charge in [0.05, 0.1) is 12.4 Å². The third kappa shape index (κ3) is 3.98. The zero-order chi connectivity index (χ0) is 15.2. The zero-order valence-electron chi connectivity index (χ0n) is 12.2. The number of hydrogen-bond acceptors (Lipinski definition) is 5. The van der Waals surface area contributed by atoms with Crippen molar-refractivity contribution in [3.8, 4) is 5.75 Å². The van der Waals surface area contributed by atoms with E-state index in [4.69, 9.17) is 4.74 Å². The number of nitrogens with zero attached hydrogens (tertiary/aromatic N) is 3. The molecule has 0 unspecified atom stereocenters. The van der Waals surface area contributed by atoms with Crippen LogP contribution in [0.4, 0.5) is 0 Å². The third-order valence-electron chi connectivity index (χ3n) is 2.97. The molecule has 0 radical (unpaired) electrons. The molecule has 0 saturated carbocycles. The first kappa shape index (κ1) is 15.4. The fourth-order valence-corrected chi connectivity index (χ4v) is 2.58. The van der Waals surface area contributed by atoms with Gasteiger partial charge in [0.25, 0.3) is 0 Å². The largest absolute Gasteiger partial charge is 0.496 e. The highest BCUT2D eigenvalue weighted by molar-refractivity contribution is 8.00. The number of para-hydroxylation sites is 1. The maximum atomic E-state index is 12.1. The second kappa shape index (κ2) is 7.12. The Morgan fingerprint density at radius 3 is 2.90 bits per heavy atom. The number of aromatic nitrogens is 3. The molecule has 2 rings (SSSR count). The Bertz CT molecular complexity index is 615. The van der Waals surface area contributed by atoms with Gasteiger partial charge in [-0.1, -0.05) is 30.0 Å². The monoisotopic (exact) mass is 306 g/mol. The van der Waals surface area contributed by atoms with E-state index in [2.05, 4.69) is 15.5 Å². The number of thioether (sulfide) groups is 1. The topological polar surface area (TPSA) is 69.0 Å². The number of benzene rings is 1. The van der Waals surface area contributed by atoms with Crippen molar-refractivity contribution in [1.82, 2.24) is 20.1 Å². The van der Waals surface area contributed by atoms with Gasteiger partial charge in [0.15, 0.2) is 5.16 Å². The molecule has 1 atom stereocenters. The fourth-order valence-electron chi connectivity index (χ4n) is 1.77. The lowest BCUT2D eigenvalue weighted by Crippen LogP contribution is -2.30. The molecule has 0 bridgehead atoms. The smallest absolute Gasteiger partial charge is 0.233 e. The molecule has 6 nitrogen and oxygen atoms in total. The molecule has 1 aromatic heterocycles. The van der Waals surface area contributed by atoms with Crippen LogP contribution in [0.5, 0.6) is 5.75 Å². The Balaban J connectivity index is 1.91. The number of hydrogen-bond donors (Lipinski definition) is 1. The minimum Gasteiger partial charge on any atom is -0.496 e. The molecule has 112 valence electrons. The number of aryl methyl sites for hydroxylation is 1. The standard InChI is InChI=1S/C14H18N4O2S/c1-10(21-14-17-16-9-18(14)2)13(19)15-8-11-6-4-5-7-12(11)20-3/h4-7,9-10H,8H2,1-3H3,(H,15,19)/t10-/m1/s1. The van der Waals surface area contributed by atoms with Crippen LogP contribution in [0, 0.1) is 0 Å².